The van der Waals surface area contributed by atoms with Crippen LogP contribution in [0.15, 0.2) is 24.3 Å². The van der Waals surface area contributed by atoms with Gasteiger partial charge in [0.1, 0.15) is 0 Å². The molecule has 0 radical (unpaired) electrons. The van der Waals surface area contributed by atoms with E-state index in [0.717, 1.165) is 0 Å². The molecule has 0 aliphatic carbocycles. The van der Waals surface area contributed by atoms with E-state index in [1.165, 1.54) is 7.11 Å². The first-order valence-electron chi connectivity index (χ1n) is 4.96. The van der Waals surface area contributed by atoms with Crippen LogP contribution in [0.3, 0.4) is 0 Å². The van der Waals surface area contributed by atoms with Gasteiger partial charge in [-0.15, -0.1) is 11.6 Å². The molecule has 0 aromatic heterocycles. The molecule has 0 N–H and O–H groups in total. The van der Waals surface area contributed by atoms with Gasteiger partial charge in [-0.1, -0.05) is 19.1 Å². The van der Waals surface area contributed by atoms with Crippen molar-refractivity contribution < 1.29 is 14.3 Å². The zero-order chi connectivity index (χ0) is 12.1. The first-order chi connectivity index (χ1) is 7.60. The molecule has 1 atom stereocenters. The maximum atomic E-state index is 11.7. The minimum absolute atomic E-state index is 0.124. The van der Waals surface area contributed by atoms with Crippen LogP contribution in [0.2, 0.25) is 0 Å². The van der Waals surface area contributed by atoms with Crippen molar-refractivity contribution in [1.82, 2.24) is 0 Å². The molecule has 4 heteroatoms. The van der Waals surface area contributed by atoms with E-state index in [-0.39, 0.29) is 5.78 Å². The molecule has 1 aromatic rings. The summed E-state index contributed by atoms with van der Waals surface area (Å²) in [5, 5.41) is -0.510. The van der Waals surface area contributed by atoms with E-state index in [0.29, 0.717) is 17.5 Å². The van der Waals surface area contributed by atoms with Gasteiger partial charge in [-0.3, -0.25) is 4.79 Å². The molecule has 1 rings (SSSR count). The molecule has 86 valence electrons. The van der Waals surface area contributed by atoms with Crippen LogP contribution in [0.25, 0.3) is 0 Å². The highest BCUT2D eigenvalue weighted by Gasteiger charge is 2.15. The first-order valence-corrected chi connectivity index (χ1v) is 5.40. The molecule has 16 heavy (non-hydrogen) atoms. The summed E-state index contributed by atoms with van der Waals surface area (Å²) < 4.78 is 4.56. The average molecular weight is 241 g/mol. The van der Waals surface area contributed by atoms with Gasteiger partial charge in [-0.2, -0.15) is 0 Å². The fourth-order valence-corrected chi connectivity index (χ4v) is 1.38. The summed E-state index contributed by atoms with van der Waals surface area (Å²) in [7, 11) is 1.31. The Morgan fingerprint density at radius 3 is 2.19 bits per heavy atom. The Morgan fingerprint density at radius 1 is 1.25 bits per heavy atom. The lowest BCUT2D eigenvalue weighted by Gasteiger charge is -2.05. The van der Waals surface area contributed by atoms with E-state index in [1.54, 1.807) is 24.3 Å². The summed E-state index contributed by atoms with van der Waals surface area (Å²) >= 11 is 5.84. The molecular weight excluding hydrogens is 228 g/mol. The Labute approximate surface area is 99.4 Å². The highest BCUT2D eigenvalue weighted by Crippen LogP contribution is 2.13. The topological polar surface area (TPSA) is 43.4 Å². The van der Waals surface area contributed by atoms with Crippen molar-refractivity contribution >= 4 is 23.4 Å². The standard InChI is InChI=1S/C12H13ClO3/c1-3-10(13)11(14)8-4-6-9(7-5-8)12(15)16-2/h4-7,10H,3H2,1-2H3. The molecule has 3 nitrogen and oxygen atoms in total. The van der Waals surface area contributed by atoms with E-state index in [1.807, 2.05) is 6.92 Å². The maximum Gasteiger partial charge on any atom is 0.337 e. The van der Waals surface area contributed by atoms with Crippen LogP contribution in [-0.4, -0.2) is 24.2 Å². The van der Waals surface area contributed by atoms with Crippen molar-refractivity contribution in [3.05, 3.63) is 35.4 Å². The minimum Gasteiger partial charge on any atom is -0.465 e. The number of carbonyl (C=O) groups excluding carboxylic acids is 2. The number of hydrogen-bond acceptors (Lipinski definition) is 3. The Balaban J connectivity index is 2.87. The number of ketones is 1. The van der Waals surface area contributed by atoms with Gasteiger partial charge in [0.05, 0.1) is 18.1 Å². The summed E-state index contributed by atoms with van der Waals surface area (Å²) in [4.78, 5) is 22.8. The van der Waals surface area contributed by atoms with Crippen molar-refractivity contribution in [3.8, 4) is 0 Å². The molecular formula is C12H13ClO3. The SMILES string of the molecule is CCC(Cl)C(=O)c1ccc(C(=O)OC)cc1. The monoisotopic (exact) mass is 240 g/mol. The third kappa shape index (κ3) is 2.83. The van der Waals surface area contributed by atoms with Crippen molar-refractivity contribution in [2.45, 2.75) is 18.7 Å². The van der Waals surface area contributed by atoms with Gasteiger partial charge in [0.25, 0.3) is 0 Å². The zero-order valence-electron chi connectivity index (χ0n) is 9.20. The van der Waals surface area contributed by atoms with Gasteiger partial charge in [0.15, 0.2) is 5.78 Å². The average Bonchev–Trinajstić information content (AvgIpc) is 2.36. The van der Waals surface area contributed by atoms with Gasteiger partial charge in [-0.25, -0.2) is 4.79 Å². The van der Waals surface area contributed by atoms with Crippen LogP contribution in [0.4, 0.5) is 0 Å². The largest absolute Gasteiger partial charge is 0.465 e. The van der Waals surface area contributed by atoms with E-state index < -0.39 is 11.3 Å². The molecule has 0 heterocycles. The van der Waals surface area contributed by atoms with Crippen LogP contribution in [0.1, 0.15) is 34.1 Å². The van der Waals surface area contributed by atoms with Crippen molar-refractivity contribution in [2.75, 3.05) is 7.11 Å². The van der Waals surface area contributed by atoms with Crippen molar-refractivity contribution in [2.24, 2.45) is 0 Å². The molecule has 1 unspecified atom stereocenters. The number of ether oxygens (including phenoxy) is 1. The number of esters is 1. The Morgan fingerprint density at radius 2 is 1.75 bits per heavy atom. The minimum atomic E-state index is -0.510. The van der Waals surface area contributed by atoms with Gasteiger partial charge in [0, 0.05) is 5.56 Å². The normalized spacial score (nSPS) is 11.9. The van der Waals surface area contributed by atoms with Crippen molar-refractivity contribution in [3.63, 3.8) is 0 Å². The Bertz CT molecular complexity index is 384. The number of methoxy groups -OCH3 is 1. The quantitative estimate of drug-likeness (QED) is 0.462. The number of hydrogen-bond donors (Lipinski definition) is 0. The first kappa shape index (κ1) is 12.7. The van der Waals surface area contributed by atoms with Crippen LogP contribution in [0, 0.1) is 0 Å². The number of Topliss-reactive ketones (excluding diaryl/α,β-unsaturated/α-hetero) is 1. The van der Waals surface area contributed by atoms with E-state index >= 15 is 0 Å². The number of rotatable bonds is 4. The second-order valence-electron chi connectivity index (χ2n) is 3.31. The molecule has 0 amide bonds. The molecule has 0 saturated carbocycles. The molecule has 0 saturated heterocycles. The molecule has 0 aliphatic rings. The summed E-state index contributed by atoms with van der Waals surface area (Å²) in [5.74, 6) is -0.544. The molecule has 1 aromatic carbocycles. The summed E-state index contributed by atoms with van der Waals surface area (Å²) in [6.45, 7) is 1.85. The van der Waals surface area contributed by atoms with E-state index in [2.05, 4.69) is 4.74 Å². The van der Waals surface area contributed by atoms with Gasteiger partial charge < -0.3 is 4.74 Å². The summed E-state index contributed by atoms with van der Waals surface area (Å²) in [6.07, 6.45) is 0.582. The van der Waals surface area contributed by atoms with Crippen LogP contribution >= 0.6 is 11.6 Å². The molecule has 0 fully saturated rings. The Kier molecular flexibility index (Phi) is 4.50. The molecule has 0 bridgehead atoms. The molecule has 0 spiro atoms. The highest BCUT2D eigenvalue weighted by molar-refractivity contribution is 6.33. The van der Waals surface area contributed by atoms with E-state index in [4.69, 9.17) is 11.6 Å². The van der Waals surface area contributed by atoms with Crippen molar-refractivity contribution in [1.29, 1.82) is 0 Å². The van der Waals surface area contributed by atoms with Crippen LogP contribution in [-0.2, 0) is 4.74 Å². The smallest absolute Gasteiger partial charge is 0.337 e. The zero-order valence-corrected chi connectivity index (χ0v) is 9.95. The highest BCUT2D eigenvalue weighted by atomic mass is 35.5. The fourth-order valence-electron chi connectivity index (χ4n) is 1.25. The van der Waals surface area contributed by atoms with Gasteiger partial charge >= 0.3 is 5.97 Å². The van der Waals surface area contributed by atoms with Gasteiger partial charge in [0.2, 0.25) is 0 Å². The summed E-state index contributed by atoms with van der Waals surface area (Å²) in [5.41, 5.74) is 0.927. The second-order valence-corrected chi connectivity index (χ2v) is 3.84. The number of carbonyl (C=O) groups is 2. The lowest BCUT2D eigenvalue weighted by atomic mass is 10.0. The maximum absolute atomic E-state index is 11.7. The number of alkyl halides is 1. The predicted molar refractivity (Wildman–Crippen MR) is 62.0 cm³/mol. The summed E-state index contributed by atoms with van der Waals surface area (Å²) in [6, 6.07) is 6.27. The molecule has 0 aliphatic heterocycles. The van der Waals surface area contributed by atoms with Gasteiger partial charge in [-0.05, 0) is 18.6 Å². The van der Waals surface area contributed by atoms with Crippen LogP contribution in [0.5, 0.6) is 0 Å². The lowest BCUT2D eigenvalue weighted by Crippen LogP contribution is -2.13. The predicted octanol–water partition coefficient (Wildman–Crippen LogP) is 2.67. The second kappa shape index (κ2) is 5.66. The number of benzene rings is 1. The lowest BCUT2D eigenvalue weighted by molar-refractivity contribution is 0.0600. The third-order valence-corrected chi connectivity index (χ3v) is 2.74. The van der Waals surface area contributed by atoms with E-state index in [9.17, 15) is 9.59 Å². The van der Waals surface area contributed by atoms with Crippen LogP contribution < -0.4 is 0 Å². The Hall–Kier alpha value is -1.35. The third-order valence-electron chi connectivity index (χ3n) is 2.23. The fraction of sp³-hybridized carbons (Fsp3) is 0.333. The number of halogens is 1.